The SMILES string of the molecule is O=P([O-])(O)CN(Cc1ccccc1[O-])Cc1ccccc1[O-].[Na+].[Na+].[Na+].[Na]. The van der Waals surface area contributed by atoms with Gasteiger partial charge in [0, 0.05) is 42.6 Å². The third kappa shape index (κ3) is 12.0. The van der Waals surface area contributed by atoms with Gasteiger partial charge in [0.25, 0.3) is 0 Å². The van der Waals surface area contributed by atoms with Gasteiger partial charge in [-0.3, -0.25) is 4.90 Å². The Labute approximate surface area is 242 Å². The molecular weight excluding hydrogens is 397 g/mol. The van der Waals surface area contributed by atoms with Crippen LogP contribution in [0.3, 0.4) is 0 Å². The summed E-state index contributed by atoms with van der Waals surface area (Å²) in [6.45, 7) is 0.0571. The van der Waals surface area contributed by atoms with Crippen molar-refractivity contribution in [1.82, 2.24) is 4.90 Å². The van der Waals surface area contributed by atoms with Crippen molar-refractivity contribution in [1.29, 1.82) is 0 Å². The first-order valence-corrected chi connectivity index (χ1v) is 8.36. The molecule has 0 aliphatic rings. The second-order valence-corrected chi connectivity index (χ2v) is 6.54. The molecule has 0 fully saturated rings. The van der Waals surface area contributed by atoms with Gasteiger partial charge in [-0.25, -0.2) is 0 Å². The van der Waals surface area contributed by atoms with Gasteiger partial charge in [0.05, 0.1) is 6.29 Å². The van der Waals surface area contributed by atoms with Gasteiger partial charge in [0.1, 0.15) is 7.60 Å². The minimum absolute atomic E-state index is 0. The first kappa shape index (κ1) is 32.8. The van der Waals surface area contributed by atoms with Crippen molar-refractivity contribution in [2.75, 3.05) is 6.29 Å². The minimum Gasteiger partial charge on any atom is -0.872 e. The van der Waals surface area contributed by atoms with Crippen LogP contribution < -0.4 is 104 Å². The van der Waals surface area contributed by atoms with Crippen molar-refractivity contribution in [3.05, 3.63) is 59.7 Å². The van der Waals surface area contributed by atoms with Crippen LogP contribution in [0.2, 0.25) is 0 Å². The fraction of sp³-hybridized carbons (Fsp3) is 0.200. The Morgan fingerprint density at radius 1 is 0.846 bits per heavy atom. The molecule has 6 nitrogen and oxygen atoms in total. The molecule has 0 saturated heterocycles. The molecule has 2 rings (SSSR count). The molecule has 0 saturated carbocycles. The molecule has 0 amide bonds. The van der Waals surface area contributed by atoms with Crippen LogP contribution in [0.5, 0.6) is 11.5 Å². The quantitative estimate of drug-likeness (QED) is 0.373. The van der Waals surface area contributed by atoms with Gasteiger partial charge >= 0.3 is 88.7 Å². The average Bonchev–Trinajstić information content (AvgIpc) is 2.42. The smallest absolute Gasteiger partial charge is 0.872 e. The van der Waals surface area contributed by atoms with E-state index in [1.54, 1.807) is 36.4 Å². The molecule has 26 heavy (non-hydrogen) atoms. The summed E-state index contributed by atoms with van der Waals surface area (Å²) in [6.07, 6.45) is -0.629. The van der Waals surface area contributed by atoms with Crippen molar-refractivity contribution in [3.8, 4) is 11.5 Å². The summed E-state index contributed by atoms with van der Waals surface area (Å²) in [6, 6.07) is 12.5. The number of hydrogen-bond acceptors (Lipinski definition) is 5. The maximum absolute atomic E-state index is 11.7. The van der Waals surface area contributed by atoms with E-state index in [2.05, 4.69) is 0 Å². The van der Waals surface area contributed by atoms with E-state index in [-0.39, 0.29) is 143 Å². The zero-order chi connectivity index (χ0) is 16.2. The molecule has 2 aromatic carbocycles. The Kier molecular flexibility index (Phi) is 20.1. The van der Waals surface area contributed by atoms with Crippen molar-refractivity contribution in [2.24, 2.45) is 0 Å². The van der Waals surface area contributed by atoms with E-state index in [1.807, 2.05) is 0 Å². The van der Waals surface area contributed by atoms with E-state index in [0.29, 0.717) is 11.1 Å². The van der Waals surface area contributed by atoms with Gasteiger partial charge in [0.15, 0.2) is 0 Å². The second kappa shape index (κ2) is 15.9. The summed E-state index contributed by atoms with van der Waals surface area (Å²) in [5.41, 5.74) is 0.804. The molecule has 1 N–H and O–H groups in total. The van der Waals surface area contributed by atoms with Gasteiger partial charge in [-0.15, -0.1) is 11.5 Å². The van der Waals surface area contributed by atoms with Crippen LogP contribution in [0, 0.1) is 0 Å². The Hall–Kier alpha value is 2.15. The molecule has 1 atom stereocenters. The molecule has 0 aromatic heterocycles. The van der Waals surface area contributed by atoms with Gasteiger partial charge in [-0.1, -0.05) is 48.5 Å². The molecule has 1 unspecified atom stereocenters. The van der Waals surface area contributed by atoms with Crippen molar-refractivity contribution in [3.63, 3.8) is 0 Å². The van der Waals surface area contributed by atoms with E-state index in [0.717, 1.165) is 0 Å². The molecule has 0 heterocycles. The molecule has 0 aliphatic carbocycles. The number of nitrogens with zero attached hydrogens (tertiary/aromatic N) is 1. The molecular formula is C15H15NNa4O5P. The number of benzene rings is 2. The fourth-order valence-electron chi connectivity index (χ4n) is 2.16. The predicted molar refractivity (Wildman–Crippen MR) is 81.5 cm³/mol. The van der Waals surface area contributed by atoms with E-state index < -0.39 is 13.9 Å². The summed E-state index contributed by atoms with van der Waals surface area (Å²) in [5.74, 6) is -0.442. The van der Waals surface area contributed by atoms with Crippen molar-refractivity contribution >= 4 is 37.2 Å². The summed E-state index contributed by atoms with van der Waals surface area (Å²) in [7, 11) is -4.55. The van der Waals surface area contributed by atoms with Crippen LogP contribution in [0.4, 0.5) is 0 Å². The third-order valence-corrected chi connectivity index (χ3v) is 3.87. The number of rotatable bonds is 6. The van der Waals surface area contributed by atoms with Crippen LogP contribution in [0.1, 0.15) is 11.1 Å². The van der Waals surface area contributed by atoms with Crippen LogP contribution in [0.15, 0.2) is 48.5 Å². The molecule has 0 spiro atoms. The average molecular weight is 412 g/mol. The van der Waals surface area contributed by atoms with Gasteiger partial charge in [-0.2, -0.15) is 0 Å². The summed E-state index contributed by atoms with van der Waals surface area (Å²) >= 11 is 0. The first-order chi connectivity index (χ1) is 10.3. The molecule has 1 radical (unpaired) electrons. The van der Waals surface area contributed by atoms with Gasteiger partial charge in [-0.05, 0) is 11.1 Å². The molecule has 119 valence electrons. The maximum Gasteiger partial charge on any atom is 1.00 e. The zero-order valence-electron chi connectivity index (χ0n) is 15.7. The Balaban J connectivity index is -0.00000132. The molecule has 0 aliphatic heterocycles. The third-order valence-electron chi connectivity index (χ3n) is 3.11. The standard InChI is InChI=1S/C15H18NO5P.4Na/c17-14-7-3-1-5-12(14)9-16(11-22(19,20)21)10-13-6-2-4-8-15(13)18;;;;/h1-8,17-18H,9-11H2,(H2,19,20,21);;;;/q;;3*+1/p-3. The van der Waals surface area contributed by atoms with E-state index >= 15 is 0 Å². The molecule has 2 aromatic rings. The predicted octanol–water partition coefficient (Wildman–Crippen LogP) is -9.03. The normalized spacial score (nSPS) is 11.8. The summed E-state index contributed by atoms with van der Waals surface area (Å²) in [5, 5.41) is 23.5. The van der Waals surface area contributed by atoms with Gasteiger partial charge < -0.3 is 24.6 Å². The van der Waals surface area contributed by atoms with E-state index in [9.17, 15) is 19.7 Å². The van der Waals surface area contributed by atoms with Gasteiger partial charge in [0.2, 0.25) is 0 Å². The van der Waals surface area contributed by atoms with E-state index in [1.165, 1.54) is 17.0 Å². The monoisotopic (exact) mass is 412 g/mol. The summed E-state index contributed by atoms with van der Waals surface area (Å²) in [4.78, 5) is 21.6. The number of para-hydroxylation sites is 2. The van der Waals surface area contributed by atoms with Crippen LogP contribution in [-0.4, -0.2) is 45.6 Å². The largest absolute Gasteiger partial charge is 1.00 e. The number of hydrogen-bond donors (Lipinski definition) is 1. The minimum atomic E-state index is -4.55. The first-order valence-electron chi connectivity index (χ1n) is 6.60. The Morgan fingerprint density at radius 2 is 1.19 bits per heavy atom. The van der Waals surface area contributed by atoms with Crippen molar-refractivity contribution < 1.29 is 113 Å². The molecule has 11 heteroatoms. The second-order valence-electron chi connectivity index (χ2n) is 4.98. The van der Waals surface area contributed by atoms with Crippen LogP contribution in [0.25, 0.3) is 0 Å². The Morgan fingerprint density at radius 3 is 1.50 bits per heavy atom. The fourth-order valence-corrected chi connectivity index (χ4v) is 2.86. The topological polar surface area (TPSA) is 110 Å². The molecule has 0 bridgehead atoms. The van der Waals surface area contributed by atoms with Crippen LogP contribution >= 0.6 is 7.60 Å². The Bertz CT molecular complexity index is 654. The van der Waals surface area contributed by atoms with E-state index in [4.69, 9.17) is 4.89 Å². The maximum atomic E-state index is 11.7. The zero-order valence-corrected chi connectivity index (χ0v) is 24.6. The van der Waals surface area contributed by atoms with Crippen molar-refractivity contribution in [2.45, 2.75) is 13.1 Å². The van der Waals surface area contributed by atoms with Crippen LogP contribution in [-0.2, 0) is 17.7 Å². The summed E-state index contributed by atoms with van der Waals surface area (Å²) < 4.78 is 11.2.